The summed E-state index contributed by atoms with van der Waals surface area (Å²) in [6.07, 6.45) is 5.48. The first kappa shape index (κ1) is 25.6. The first-order chi connectivity index (χ1) is 18.3. The molecular formula is C30H32N6OS. The van der Waals surface area contributed by atoms with Gasteiger partial charge in [0.15, 0.2) is 5.11 Å². The van der Waals surface area contributed by atoms with Crippen LogP contribution in [0.1, 0.15) is 54.1 Å². The zero-order valence-electron chi connectivity index (χ0n) is 22.3. The number of thiocarbonyl (C=S) groups is 1. The highest BCUT2D eigenvalue weighted by molar-refractivity contribution is 7.80. The Morgan fingerprint density at radius 1 is 1.03 bits per heavy atom. The Bertz CT molecular complexity index is 1480. The summed E-state index contributed by atoms with van der Waals surface area (Å²) in [5.41, 5.74) is 8.07. The molecule has 0 aliphatic carbocycles. The molecule has 2 N–H and O–H groups in total. The van der Waals surface area contributed by atoms with Gasteiger partial charge in [0.05, 0.1) is 29.7 Å². The highest BCUT2D eigenvalue weighted by Crippen LogP contribution is 2.44. The molecule has 1 saturated heterocycles. The summed E-state index contributed by atoms with van der Waals surface area (Å²) in [6, 6.07) is 18.0. The second kappa shape index (κ2) is 10.4. The number of rotatable bonds is 6. The van der Waals surface area contributed by atoms with Crippen LogP contribution in [0.5, 0.6) is 0 Å². The number of nitrogens with one attached hydrogen (secondary N) is 2. The summed E-state index contributed by atoms with van der Waals surface area (Å²) < 4.78 is 2.23. The molecule has 8 heteroatoms. The number of nitrogens with zero attached hydrogens (tertiary/aromatic N) is 4. The second-order valence-corrected chi connectivity index (χ2v) is 10.4. The fraction of sp³-hybridized carbons (Fsp3) is 0.267. The van der Waals surface area contributed by atoms with Gasteiger partial charge in [0.2, 0.25) is 5.91 Å². The maximum atomic E-state index is 12.3. The number of pyridine rings is 2. The van der Waals surface area contributed by atoms with Crippen molar-refractivity contribution in [2.45, 2.75) is 46.7 Å². The van der Waals surface area contributed by atoms with Gasteiger partial charge >= 0.3 is 0 Å². The second-order valence-electron chi connectivity index (χ2n) is 10.0. The van der Waals surface area contributed by atoms with Crippen molar-refractivity contribution in [1.29, 1.82) is 0 Å². The fourth-order valence-electron chi connectivity index (χ4n) is 5.13. The van der Waals surface area contributed by atoms with Crippen LogP contribution in [0.25, 0.3) is 5.69 Å². The predicted octanol–water partition coefficient (Wildman–Crippen LogP) is 5.96. The number of amides is 1. The van der Waals surface area contributed by atoms with E-state index in [1.165, 1.54) is 0 Å². The monoisotopic (exact) mass is 524 g/mol. The average molecular weight is 525 g/mol. The lowest BCUT2D eigenvalue weighted by Crippen LogP contribution is -2.29. The number of aromatic nitrogens is 3. The lowest BCUT2D eigenvalue weighted by molar-refractivity contribution is -0.118. The minimum absolute atomic E-state index is 0.00450. The van der Waals surface area contributed by atoms with Crippen molar-refractivity contribution in [3.05, 3.63) is 101 Å². The van der Waals surface area contributed by atoms with E-state index in [1.54, 1.807) is 6.20 Å². The van der Waals surface area contributed by atoms with Crippen LogP contribution in [0, 0.1) is 26.7 Å². The van der Waals surface area contributed by atoms with Crippen molar-refractivity contribution >= 4 is 34.6 Å². The molecule has 0 unspecified atom stereocenters. The SMILES string of the molecule is Cc1cc(N2C(=S)N[C@H](c3ccccn3)[C@H]2c2cc(C)n(-c3cccnc3)c2C)ccc1NC(=O)C(C)C. The predicted molar refractivity (Wildman–Crippen MR) is 156 cm³/mol. The average Bonchev–Trinajstić information content (AvgIpc) is 3.41. The molecule has 0 radical (unpaired) electrons. The summed E-state index contributed by atoms with van der Waals surface area (Å²) in [4.78, 5) is 23.5. The molecule has 0 saturated carbocycles. The van der Waals surface area contributed by atoms with E-state index in [2.05, 4.69) is 62.1 Å². The summed E-state index contributed by atoms with van der Waals surface area (Å²) >= 11 is 5.93. The molecule has 1 aromatic carbocycles. The molecule has 4 heterocycles. The smallest absolute Gasteiger partial charge is 0.226 e. The molecule has 3 aromatic heterocycles. The van der Waals surface area contributed by atoms with Crippen LogP contribution in [-0.2, 0) is 4.79 Å². The summed E-state index contributed by atoms with van der Waals surface area (Å²) in [6.45, 7) is 10.0. The minimum Gasteiger partial charge on any atom is -0.351 e. The van der Waals surface area contributed by atoms with Crippen molar-refractivity contribution in [3.8, 4) is 5.69 Å². The molecule has 1 amide bonds. The Labute approximate surface area is 228 Å². The van der Waals surface area contributed by atoms with Crippen LogP contribution in [0.4, 0.5) is 11.4 Å². The zero-order chi connectivity index (χ0) is 27.0. The third-order valence-electron chi connectivity index (χ3n) is 7.06. The van der Waals surface area contributed by atoms with Gasteiger partial charge in [0.1, 0.15) is 0 Å². The zero-order valence-corrected chi connectivity index (χ0v) is 23.1. The van der Waals surface area contributed by atoms with Gasteiger partial charge < -0.3 is 20.1 Å². The molecule has 0 spiro atoms. The van der Waals surface area contributed by atoms with Crippen molar-refractivity contribution in [1.82, 2.24) is 19.9 Å². The molecule has 38 heavy (non-hydrogen) atoms. The quantitative estimate of drug-likeness (QED) is 0.303. The van der Waals surface area contributed by atoms with Gasteiger partial charge in [-0.1, -0.05) is 19.9 Å². The van der Waals surface area contributed by atoms with E-state index in [-0.39, 0.29) is 23.9 Å². The van der Waals surface area contributed by atoms with E-state index in [0.717, 1.165) is 45.3 Å². The summed E-state index contributed by atoms with van der Waals surface area (Å²) in [7, 11) is 0. The van der Waals surface area contributed by atoms with E-state index >= 15 is 0 Å². The highest BCUT2D eigenvalue weighted by atomic mass is 32.1. The van der Waals surface area contributed by atoms with Crippen molar-refractivity contribution < 1.29 is 4.79 Å². The lowest BCUT2D eigenvalue weighted by Gasteiger charge is -2.29. The van der Waals surface area contributed by atoms with Crippen LogP contribution in [0.3, 0.4) is 0 Å². The van der Waals surface area contributed by atoms with Crippen LogP contribution in [0.2, 0.25) is 0 Å². The molecule has 7 nitrogen and oxygen atoms in total. The largest absolute Gasteiger partial charge is 0.351 e. The van der Waals surface area contributed by atoms with Crippen molar-refractivity contribution in [2.75, 3.05) is 10.2 Å². The molecule has 2 atom stereocenters. The topological polar surface area (TPSA) is 75.1 Å². The third kappa shape index (κ3) is 4.67. The van der Waals surface area contributed by atoms with Gasteiger partial charge in [-0.15, -0.1) is 0 Å². The van der Waals surface area contributed by atoms with Crippen molar-refractivity contribution in [3.63, 3.8) is 0 Å². The third-order valence-corrected chi connectivity index (χ3v) is 7.38. The number of benzene rings is 1. The molecular weight excluding hydrogens is 492 g/mol. The van der Waals surface area contributed by atoms with Gasteiger partial charge in [-0.05, 0) is 92.6 Å². The highest BCUT2D eigenvalue weighted by Gasteiger charge is 2.42. The molecule has 1 aliphatic heterocycles. The van der Waals surface area contributed by atoms with Gasteiger partial charge in [0, 0.05) is 41.1 Å². The Kier molecular flexibility index (Phi) is 6.99. The Morgan fingerprint density at radius 2 is 1.84 bits per heavy atom. The molecule has 1 aliphatic rings. The maximum Gasteiger partial charge on any atom is 0.226 e. The minimum atomic E-state index is -0.146. The maximum absolute atomic E-state index is 12.3. The normalized spacial score (nSPS) is 17.1. The van der Waals surface area contributed by atoms with Gasteiger partial charge in [-0.25, -0.2) is 0 Å². The number of anilines is 2. The molecule has 194 valence electrons. The number of carbonyl (C=O) groups is 1. The van der Waals surface area contributed by atoms with Gasteiger partial charge in [-0.3, -0.25) is 14.8 Å². The van der Waals surface area contributed by atoms with E-state index < -0.39 is 0 Å². The van der Waals surface area contributed by atoms with Crippen LogP contribution < -0.4 is 15.5 Å². The van der Waals surface area contributed by atoms with E-state index in [1.807, 2.05) is 69.6 Å². The Morgan fingerprint density at radius 3 is 2.50 bits per heavy atom. The fourth-order valence-corrected chi connectivity index (χ4v) is 5.48. The first-order valence-corrected chi connectivity index (χ1v) is 13.2. The van der Waals surface area contributed by atoms with Crippen LogP contribution >= 0.6 is 12.2 Å². The van der Waals surface area contributed by atoms with Crippen LogP contribution in [0.15, 0.2) is 73.2 Å². The number of carbonyl (C=O) groups excluding carboxylic acids is 1. The van der Waals surface area contributed by atoms with Gasteiger partial charge in [-0.2, -0.15) is 0 Å². The first-order valence-electron chi connectivity index (χ1n) is 12.8. The summed E-state index contributed by atoms with van der Waals surface area (Å²) in [5.74, 6) is -0.0989. The number of aryl methyl sites for hydroxylation is 2. The van der Waals surface area contributed by atoms with E-state index in [4.69, 9.17) is 12.2 Å². The molecule has 5 rings (SSSR count). The van der Waals surface area contributed by atoms with Crippen molar-refractivity contribution in [2.24, 2.45) is 5.92 Å². The Balaban J connectivity index is 1.61. The van der Waals surface area contributed by atoms with E-state index in [0.29, 0.717) is 5.11 Å². The Hall–Kier alpha value is -4.04. The molecule has 0 bridgehead atoms. The van der Waals surface area contributed by atoms with Gasteiger partial charge in [0.25, 0.3) is 0 Å². The standard InChI is InChI=1S/C30H32N6OS/c1-18(2)29(37)33-25-12-11-22(15-19(25)3)36-28(27(34-30(36)38)26-10-6-7-14-32-26)24-16-20(4)35(21(24)5)23-9-8-13-31-17-23/h6-18,27-28H,1-5H3,(H,33,37)(H,34,38)/t27-,28-/m1/s1. The van der Waals surface area contributed by atoms with E-state index in [9.17, 15) is 4.79 Å². The number of hydrogen-bond donors (Lipinski definition) is 2. The number of hydrogen-bond acceptors (Lipinski definition) is 4. The molecule has 1 fully saturated rings. The molecule has 4 aromatic rings. The lowest BCUT2D eigenvalue weighted by atomic mass is 9.96. The van der Waals surface area contributed by atoms with Crippen LogP contribution in [-0.4, -0.2) is 25.6 Å². The summed E-state index contributed by atoms with van der Waals surface area (Å²) in [5, 5.41) is 7.21.